The number of allylic oxidation sites excluding steroid dienone is 2. The number of rotatable bonds is 4. The van der Waals surface area contributed by atoms with E-state index in [2.05, 4.69) is 22.7 Å². The first-order chi connectivity index (χ1) is 10.3. The van der Waals surface area contributed by atoms with Gasteiger partial charge in [-0.05, 0) is 43.0 Å². The Labute approximate surface area is 122 Å². The molecule has 0 radical (unpaired) electrons. The molecule has 0 heterocycles. The molecule has 0 unspecified atom stereocenters. The molecule has 1 fully saturated rings. The number of hydrogen-bond donors (Lipinski definition) is 1. The van der Waals surface area contributed by atoms with Gasteiger partial charge in [-0.25, -0.2) is 5.43 Å². The number of carbonyl (C=O) groups is 1. The van der Waals surface area contributed by atoms with Gasteiger partial charge < -0.3 is 4.74 Å². The molecule has 21 heavy (non-hydrogen) atoms. The largest absolute Gasteiger partial charge is 0.484 e. The lowest BCUT2D eigenvalue weighted by Gasteiger charge is -2.31. The minimum Gasteiger partial charge on any atom is -0.484 e. The van der Waals surface area contributed by atoms with Crippen LogP contribution in [0.25, 0.3) is 0 Å². The van der Waals surface area contributed by atoms with E-state index in [9.17, 15) is 4.79 Å². The number of fused-ring (bicyclic) bond motifs is 1. The van der Waals surface area contributed by atoms with Crippen molar-refractivity contribution in [1.29, 1.82) is 5.26 Å². The molecule has 0 saturated heterocycles. The molecule has 1 aromatic carbocycles. The van der Waals surface area contributed by atoms with E-state index in [1.54, 1.807) is 24.3 Å². The van der Waals surface area contributed by atoms with E-state index in [4.69, 9.17) is 10.00 Å². The minimum atomic E-state index is -0.277. The molecule has 5 nitrogen and oxygen atoms in total. The Morgan fingerprint density at radius 2 is 2.24 bits per heavy atom. The molecule has 0 bridgehead atoms. The van der Waals surface area contributed by atoms with Crippen molar-refractivity contribution < 1.29 is 9.53 Å². The van der Waals surface area contributed by atoms with Gasteiger partial charge in [0.25, 0.3) is 5.91 Å². The van der Waals surface area contributed by atoms with Gasteiger partial charge in [-0.2, -0.15) is 10.4 Å². The average molecular weight is 281 g/mol. The highest BCUT2D eigenvalue weighted by molar-refractivity contribution is 5.94. The molecule has 2 atom stereocenters. The second-order valence-electron chi connectivity index (χ2n) is 5.20. The highest BCUT2D eigenvalue weighted by atomic mass is 16.5. The maximum Gasteiger partial charge on any atom is 0.277 e. The zero-order valence-corrected chi connectivity index (χ0v) is 11.5. The fraction of sp³-hybridized carbons (Fsp3) is 0.312. The van der Waals surface area contributed by atoms with Gasteiger partial charge in [0.2, 0.25) is 0 Å². The van der Waals surface area contributed by atoms with Crippen LogP contribution in [0.2, 0.25) is 0 Å². The summed E-state index contributed by atoms with van der Waals surface area (Å²) in [5, 5.41) is 12.9. The van der Waals surface area contributed by atoms with Crippen LogP contribution >= 0.6 is 0 Å². The first kappa shape index (κ1) is 13.4. The third-order valence-corrected chi connectivity index (χ3v) is 3.84. The van der Waals surface area contributed by atoms with Crippen molar-refractivity contribution >= 4 is 11.6 Å². The number of nitriles is 1. The van der Waals surface area contributed by atoms with Gasteiger partial charge in [0.15, 0.2) is 6.61 Å². The molecule has 3 rings (SSSR count). The van der Waals surface area contributed by atoms with Crippen LogP contribution in [0.4, 0.5) is 0 Å². The third-order valence-electron chi connectivity index (χ3n) is 3.84. The zero-order valence-electron chi connectivity index (χ0n) is 11.5. The van der Waals surface area contributed by atoms with Gasteiger partial charge in [0, 0.05) is 11.6 Å². The van der Waals surface area contributed by atoms with Crippen LogP contribution in [-0.4, -0.2) is 18.2 Å². The van der Waals surface area contributed by atoms with E-state index in [1.807, 2.05) is 6.07 Å². The average Bonchev–Trinajstić information content (AvgIpc) is 2.87. The SMILES string of the molecule is N#Cc1ccc(OCC(=O)N/N=C2/C[C@H]3C=CC[C@H]23)cc1. The lowest BCUT2D eigenvalue weighted by Crippen LogP contribution is -2.36. The summed E-state index contributed by atoms with van der Waals surface area (Å²) in [4.78, 5) is 11.7. The van der Waals surface area contributed by atoms with Crippen LogP contribution in [-0.2, 0) is 4.79 Å². The number of amides is 1. The minimum absolute atomic E-state index is 0.0883. The predicted molar refractivity (Wildman–Crippen MR) is 77.6 cm³/mol. The number of carbonyl (C=O) groups excluding carboxylic acids is 1. The maximum atomic E-state index is 11.7. The number of nitrogens with zero attached hydrogens (tertiary/aromatic N) is 2. The molecule has 0 aromatic heterocycles. The molecule has 2 aliphatic rings. The van der Waals surface area contributed by atoms with Gasteiger partial charge in [0.1, 0.15) is 5.75 Å². The number of ether oxygens (including phenoxy) is 1. The molecule has 1 aromatic rings. The fourth-order valence-electron chi connectivity index (χ4n) is 2.60. The zero-order chi connectivity index (χ0) is 14.7. The molecule has 2 aliphatic carbocycles. The summed E-state index contributed by atoms with van der Waals surface area (Å²) in [6.45, 7) is -0.0883. The Balaban J connectivity index is 1.44. The Morgan fingerprint density at radius 3 is 2.95 bits per heavy atom. The second-order valence-corrected chi connectivity index (χ2v) is 5.20. The molecule has 0 spiro atoms. The van der Waals surface area contributed by atoms with Crippen LogP contribution < -0.4 is 10.2 Å². The molecular weight excluding hydrogens is 266 g/mol. The van der Waals surface area contributed by atoms with E-state index in [-0.39, 0.29) is 12.5 Å². The fourth-order valence-corrected chi connectivity index (χ4v) is 2.60. The molecule has 5 heteroatoms. The Bertz CT molecular complexity index is 640. The van der Waals surface area contributed by atoms with Crippen molar-refractivity contribution in [3.63, 3.8) is 0 Å². The maximum absolute atomic E-state index is 11.7. The summed E-state index contributed by atoms with van der Waals surface area (Å²) in [5.41, 5.74) is 4.16. The Morgan fingerprint density at radius 1 is 1.43 bits per heavy atom. The molecule has 1 saturated carbocycles. The first-order valence-electron chi connectivity index (χ1n) is 6.91. The molecular formula is C16H15N3O2. The Kier molecular flexibility index (Phi) is 3.69. The first-order valence-corrected chi connectivity index (χ1v) is 6.91. The molecule has 0 aliphatic heterocycles. The van der Waals surface area contributed by atoms with Crippen LogP contribution in [0.15, 0.2) is 41.5 Å². The van der Waals surface area contributed by atoms with Crippen molar-refractivity contribution in [3.05, 3.63) is 42.0 Å². The van der Waals surface area contributed by atoms with Gasteiger partial charge >= 0.3 is 0 Å². The summed E-state index contributed by atoms with van der Waals surface area (Å²) in [6, 6.07) is 8.65. The van der Waals surface area contributed by atoms with Crippen molar-refractivity contribution in [2.75, 3.05) is 6.61 Å². The number of benzene rings is 1. The van der Waals surface area contributed by atoms with Crippen molar-refractivity contribution in [3.8, 4) is 11.8 Å². The molecule has 106 valence electrons. The molecule has 1 amide bonds. The van der Waals surface area contributed by atoms with Crippen LogP contribution in [0.1, 0.15) is 18.4 Å². The van der Waals surface area contributed by atoms with Gasteiger partial charge in [-0.15, -0.1) is 0 Å². The monoisotopic (exact) mass is 281 g/mol. The van der Waals surface area contributed by atoms with Crippen molar-refractivity contribution in [2.24, 2.45) is 16.9 Å². The summed E-state index contributed by atoms with van der Waals surface area (Å²) >= 11 is 0. The lowest BCUT2D eigenvalue weighted by molar-refractivity contribution is -0.123. The summed E-state index contributed by atoms with van der Waals surface area (Å²) in [5.74, 6) is 1.39. The summed E-state index contributed by atoms with van der Waals surface area (Å²) in [6.07, 6.45) is 6.37. The van der Waals surface area contributed by atoms with E-state index in [0.29, 0.717) is 23.1 Å². The smallest absolute Gasteiger partial charge is 0.277 e. The topological polar surface area (TPSA) is 74.5 Å². The predicted octanol–water partition coefficient (Wildman–Crippen LogP) is 2.01. The van der Waals surface area contributed by atoms with Crippen LogP contribution in [0.3, 0.4) is 0 Å². The highest BCUT2D eigenvalue weighted by Crippen LogP contribution is 2.39. The summed E-state index contributed by atoms with van der Waals surface area (Å²) in [7, 11) is 0. The van der Waals surface area contributed by atoms with E-state index in [0.717, 1.165) is 18.6 Å². The van der Waals surface area contributed by atoms with E-state index in [1.165, 1.54) is 0 Å². The van der Waals surface area contributed by atoms with Gasteiger partial charge in [-0.3, -0.25) is 4.79 Å². The van der Waals surface area contributed by atoms with Crippen LogP contribution in [0, 0.1) is 23.2 Å². The third kappa shape index (κ3) is 2.95. The molecule has 1 N–H and O–H groups in total. The highest BCUT2D eigenvalue weighted by Gasteiger charge is 2.37. The number of hydrazone groups is 1. The second kappa shape index (κ2) is 5.80. The van der Waals surface area contributed by atoms with E-state index < -0.39 is 0 Å². The van der Waals surface area contributed by atoms with E-state index >= 15 is 0 Å². The van der Waals surface area contributed by atoms with Crippen molar-refractivity contribution in [2.45, 2.75) is 12.8 Å². The standard InChI is InChI=1S/C16H15N3O2/c17-9-11-4-6-13(7-5-11)21-10-16(20)19-18-15-8-12-2-1-3-14(12)15/h1-2,4-7,12,14H,3,8,10H2,(H,19,20)/b18-15-/t12-,14+/m1/s1. The lowest BCUT2D eigenvalue weighted by atomic mass is 9.74. The Hall–Kier alpha value is -2.61. The van der Waals surface area contributed by atoms with Gasteiger partial charge in [0.05, 0.1) is 11.6 Å². The van der Waals surface area contributed by atoms with Gasteiger partial charge in [-0.1, -0.05) is 12.2 Å². The number of nitrogens with one attached hydrogen (secondary N) is 1. The number of hydrogen-bond acceptors (Lipinski definition) is 4. The quantitative estimate of drug-likeness (QED) is 0.677. The summed E-state index contributed by atoms with van der Waals surface area (Å²) < 4.78 is 5.33. The van der Waals surface area contributed by atoms with Crippen molar-refractivity contribution in [1.82, 2.24) is 5.43 Å². The van der Waals surface area contributed by atoms with Crippen LogP contribution in [0.5, 0.6) is 5.75 Å². The normalized spacial score (nSPS) is 24.0.